The summed E-state index contributed by atoms with van der Waals surface area (Å²) in [4.78, 5) is 42.0. The van der Waals surface area contributed by atoms with Gasteiger partial charge in [-0.3, -0.25) is 24.7 Å². The average Bonchev–Trinajstić information content (AvgIpc) is 3.45. The van der Waals surface area contributed by atoms with E-state index in [-0.39, 0.29) is 45.4 Å². The number of imide groups is 1. The van der Waals surface area contributed by atoms with Crippen LogP contribution in [-0.4, -0.2) is 83.4 Å². The summed E-state index contributed by atoms with van der Waals surface area (Å²) in [5.41, 5.74) is 6.97. The minimum atomic E-state index is -4.89. The fourth-order valence-electron chi connectivity index (χ4n) is 5.00. The quantitative estimate of drug-likeness (QED) is 0.354. The first-order chi connectivity index (χ1) is 19.5. The molecule has 0 spiro atoms. The van der Waals surface area contributed by atoms with Crippen molar-refractivity contribution in [3.05, 3.63) is 71.8 Å². The van der Waals surface area contributed by atoms with Crippen LogP contribution in [0.1, 0.15) is 36.8 Å². The Morgan fingerprint density at radius 1 is 1.10 bits per heavy atom. The van der Waals surface area contributed by atoms with Crippen molar-refractivity contribution in [1.82, 2.24) is 15.1 Å². The van der Waals surface area contributed by atoms with Crippen molar-refractivity contribution >= 4 is 17.9 Å². The van der Waals surface area contributed by atoms with Crippen molar-refractivity contribution in [2.24, 2.45) is 5.73 Å². The molecule has 0 aliphatic carbocycles. The average molecular weight is 579 g/mol. The highest BCUT2D eigenvalue weighted by Gasteiger charge is 2.48. The van der Waals surface area contributed by atoms with Gasteiger partial charge in [-0.15, -0.1) is 0 Å². The number of benzene rings is 2. The van der Waals surface area contributed by atoms with E-state index in [0.717, 1.165) is 16.0 Å². The van der Waals surface area contributed by atoms with E-state index in [1.165, 1.54) is 11.9 Å². The highest BCUT2D eigenvalue weighted by molar-refractivity contribution is 6.01. The first kappa shape index (κ1) is 32.0. The molecule has 0 saturated carbocycles. The van der Waals surface area contributed by atoms with E-state index in [0.29, 0.717) is 6.42 Å². The van der Waals surface area contributed by atoms with Gasteiger partial charge in [0, 0.05) is 19.5 Å². The maximum atomic E-state index is 13.5. The summed E-state index contributed by atoms with van der Waals surface area (Å²) in [7, 11) is 1.38. The standard InChI is InChI=1S/C29H37F3N4O5/c1-35(28(40)41-19-21-12-6-3-7-13-21)24(18-20-10-4-2-5-11-20)27(39)34-26(38)23-15-9-17-36(23)22(14-8-16-33)25(37)29(30,31)32/h2-7,10-13,22-25,37H,8-9,14-19,33H2,1H3,(H,34,38,39)/t22?,23-,24+,25?/m0/s1. The number of hydrogen-bond donors (Lipinski definition) is 3. The number of likely N-dealkylation sites (N-methyl/N-ethyl adjacent to an activating group) is 1. The van der Waals surface area contributed by atoms with E-state index in [1.54, 1.807) is 54.6 Å². The molecule has 3 amide bonds. The number of halogens is 3. The third kappa shape index (κ3) is 9.00. The Kier molecular flexibility index (Phi) is 11.7. The largest absolute Gasteiger partial charge is 0.445 e. The molecule has 2 unspecified atom stereocenters. The van der Waals surface area contributed by atoms with Gasteiger partial charge in [0.1, 0.15) is 12.6 Å². The first-order valence-electron chi connectivity index (χ1n) is 13.6. The molecule has 1 saturated heterocycles. The topological polar surface area (TPSA) is 125 Å². The maximum absolute atomic E-state index is 13.5. The number of aliphatic hydroxyl groups excluding tert-OH is 1. The van der Waals surface area contributed by atoms with Gasteiger partial charge < -0.3 is 15.6 Å². The molecule has 12 heteroatoms. The molecule has 224 valence electrons. The number of ether oxygens (including phenoxy) is 1. The molecule has 1 aliphatic rings. The number of likely N-dealkylation sites (tertiary alicyclic amines) is 1. The number of carbonyl (C=O) groups is 3. The molecular formula is C29H37F3N4O5. The van der Waals surface area contributed by atoms with Gasteiger partial charge in [-0.2, -0.15) is 13.2 Å². The highest BCUT2D eigenvalue weighted by Crippen LogP contribution is 2.31. The smallest absolute Gasteiger partial charge is 0.415 e. The Labute approximate surface area is 237 Å². The molecular weight excluding hydrogens is 541 g/mol. The summed E-state index contributed by atoms with van der Waals surface area (Å²) in [6.45, 7) is 0.247. The van der Waals surface area contributed by atoms with Crippen molar-refractivity contribution in [2.45, 2.75) is 69.1 Å². The molecule has 1 aliphatic heterocycles. The summed E-state index contributed by atoms with van der Waals surface area (Å²) in [6.07, 6.45) is -7.50. The molecule has 4 atom stereocenters. The van der Waals surface area contributed by atoms with Gasteiger partial charge in [-0.05, 0) is 49.9 Å². The van der Waals surface area contributed by atoms with Crippen LogP contribution in [0.4, 0.5) is 18.0 Å². The minimum Gasteiger partial charge on any atom is -0.445 e. The summed E-state index contributed by atoms with van der Waals surface area (Å²) in [5, 5.41) is 12.4. The predicted molar refractivity (Wildman–Crippen MR) is 145 cm³/mol. The monoisotopic (exact) mass is 578 g/mol. The van der Waals surface area contributed by atoms with Crippen molar-refractivity contribution in [2.75, 3.05) is 20.1 Å². The molecule has 2 aromatic rings. The zero-order valence-corrected chi connectivity index (χ0v) is 22.9. The minimum absolute atomic E-state index is 0.0224. The number of nitrogens with one attached hydrogen (secondary N) is 1. The maximum Gasteiger partial charge on any atom is 0.415 e. The van der Waals surface area contributed by atoms with Gasteiger partial charge in [0.15, 0.2) is 6.10 Å². The van der Waals surface area contributed by atoms with Crippen LogP contribution in [0, 0.1) is 0 Å². The lowest BCUT2D eigenvalue weighted by atomic mass is 10.0. The molecule has 0 aromatic heterocycles. The molecule has 0 radical (unpaired) electrons. The number of alkyl halides is 3. The van der Waals surface area contributed by atoms with E-state index < -0.39 is 48.3 Å². The number of hydrogen-bond acceptors (Lipinski definition) is 7. The molecule has 1 heterocycles. The lowest BCUT2D eigenvalue weighted by Crippen LogP contribution is -2.57. The molecule has 41 heavy (non-hydrogen) atoms. The van der Waals surface area contributed by atoms with Crippen LogP contribution in [0.3, 0.4) is 0 Å². The molecule has 4 N–H and O–H groups in total. The van der Waals surface area contributed by atoms with Gasteiger partial charge in [-0.1, -0.05) is 60.7 Å². The van der Waals surface area contributed by atoms with Crippen LogP contribution < -0.4 is 11.1 Å². The van der Waals surface area contributed by atoms with Crippen LogP contribution >= 0.6 is 0 Å². The molecule has 3 rings (SSSR count). The van der Waals surface area contributed by atoms with Crippen molar-refractivity contribution in [3.63, 3.8) is 0 Å². The second kappa shape index (κ2) is 14.9. The fourth-order valence-corrected chi connectivity index (χ4v) is 5.00. The number of carbonyl (C=O) groups excluding carboxylic acids is 3. The zero-order chi connectivity index (χ0) is 30.0. The lowest BCUT2D eigenvalue weighted by Gasteiger charge is -2.36. The van der Waals surface area contributed by atoms with E-state index >= 15 is 0 Å². The van der Waals surface area contributed by atoms with Crippen LogP contribution in [0.2, 0.25) is 0 Å². The molecule has 0 bridgehead atoms. The Morgan fingerprint density at radius 3 is 2.29 bits per heavy atom. The number of rotatable bonds is 12. The van der Waals surface area contributed by atoms with Crippen molar-refractivity contribution < 1.29 is 37.4 Å². The van der Waals surface area contributed by atoms with E-state index in [2.05, 4.69) is 5.32 Å². The lowest BCUT2D eigenvalue weighted by molar-refractivity contribution is -0.223. The summed E-state index contributed by atoms with van der Waals surface area (Å²) >= 11 is 0. The van der Waals surface area contributed by atoms with Gasteiger partial charge >= 0.3 is 12.3 Å². The highest BCUT2D eigenvalue weighted by atomic mass is 19.4. The Balaban J connectivity index is 1.75. The predicted octanol–water partition coefficient (Wildman–Crippen LogP) is 3.00. The third-order valence-electron chi connectivity index (χ3n) is 7.21. The number of amides is 3. The van der Waals surface area contributed by atoms with E-state index in [1.807, 2.05) is 6.07 Å². The first-order valence-corrected chi connectivity index (χ1v) is 13.6. The van der Waals surface area contributed by atoms with E-state index in [4.69, 9.17) is 10.5 Å². The number of nitrogens with zero attached hydrogens (tertiary/aromatic N) is 2. The summed E-state index contributed by atoms with van der Waals surface area (Å²) in [5.74, 6) is -1.58. The Bertz CT molecular complexity index is 1140. The van der Waals surface area contributed by atoms with Crippen molar-refractivity contribution in [3.8, 4) is 0 Å². The van der Waals surface area contributed by atoms with Crippen LogP contribution in [0.15, 0.2) is 60.7 Å². The summed E-state index contributed by atoms with van der Waals surface area (Å²) < 4.78 is 45.7. The zero-order valence-electron chi connectivity index (χ0n) is 22.9. The van der Waals surface area contributed by atoms with Gasteiger partial charge in [-0.25, -0.2) is 4.79 Å². The molecule has 1 fully saturated rings. The van der Waals surface area contributed by atoms with Gasteiger partial charge in [0.25, 0.3) is 0 Å². The molecule has 9 nitrogen and oxygen atoms in total. The van der Waals surface area contributed by atoms with Crippen molar-refractivity contribution in [1.29, 1.82) is 0 Å². The van der Waals surface area contributed by atoms with E-state index in [9.17, 15) is 32.7 Å². The van der Waals surface area contributed by atoms with Gasteiger partial charge in [0.2, 0.25) is 11.8 Å². The second-order valence-corrected chi connectivity index (χ2v) is 10.1. The third-order valence-corrected chi connectivity index (χ3v) is 7.21. The molecule has 2 aromatic carbocycles. The SMILES string of the molecule is CN(C(=O)OCc1ccccc1)[C@H](Cc1ccccc1)C(=O)NC(=O)[C@@H]1CCCN1C(CCCN)C(O)C(F)(F)F. The number of nitrogens with two attached hydrogens (primary N) is 1. The number of aliphatic hydroxyl groups is 1. The second-order valence-electron chi connectivity index (χ2n) is 10.1. The van der Waals surface area contributed by atoms with Crippen LogP contribution in [-0.2, 0) is 27.4 Å². The Hall–Kier alpha value is -3.48. The summed E-state index contributed by atoms with van der Waals surface area (Å²) in [6, 6.07) is 14.3. The van der Waals surface area contributed by atoms with Crippen LogP contribution in [0.5, 0.6) is 0 Å². The van der Waals surface area contributed by atoms with Gasteiger partial charge in [0.05, 0.1) is 6.04 Å². The van der Waals surface area contributed by atoms with Crippen LogP contribution in [0.25, 0.3) is 0 Å². The Morgan fingerprint density at radius 2 is 1.71 bits per heavy atom. The normalized spacial score (nSPS) is 17.9. The fraction of sp³-hybridized carbons (Fsp3) is 0.483.